The van der Waals surface area contributed by atoms with Crippen LogP contribution in [-0.2, 0) is 9.57 Å². The molecule has 0 saturated carbocycles. The zero-order valence-corrected chi connectivity index (χ0v) is 12.5. The summed E-state index contributed by atoms with van der Waals surface area (Å²) in [6, 6.07) is 0. The number of hydroxylamine groups is 1. The molecule has 0 bridgehead atoms. The van der Waals surface area contributed by atoms with Gasteiger partial charge in [0.1, 0.15) is 5.60 Å². The first-order valence-electron chi connectivity index (χ1n) is 7.04. The van der Waals surface area contributed by atoms with E-state index in [1.807, 2.05) is 0 Å². The fraction of sp³-hybridized carbons (Fsp3) is 0.846. The fourth-order valence-electron chi connectivity index (χ4n) is 1.78. The van der Waals surface area contributed by atoms with Gasteiger partial charge in [-0.05, 0) is 40.0 Å². The molecule has 0 radical (unpaired) electrons. The van der Waals surface area contributed by atoms with Crippen LogP contribution in [0.4, 0.5) is 9.59 Å². The lowest BCUT2D eigenvalue weighted by Gasteiger charge is -2.25. The predicted octanol–water partition coefficient (Wildman–Crippen LogP) is 1.64. The van der Waals surface area contributed by atoms with Crippen molar-refractivity contribution in [3.05, 3.63) is 0 Å². The molecule has 1 saturated heterocycles. The van der Waals surface area contributed by atoms with E-state index < -0.39 is 11.7 Å². The number of hydrogen-bond acceptors (Lipinski definition) is 5. The minimum absolute atomic E-state index is 0.322. The van der Waals surface area contributed by atoms with Crippen LogP contribution in [0, 0.1) is 0 Å². The maximum absolute atomic E-state index is 11.6. The molecule has 7 heteroatoms. The van der Waals surface area contributed by atoms with Crippen molar-refractivity contribution < 1.29 is 19.2 Å². The van der Waals surface area contributed by atoms with Gasteiger partial charge in [0.25, 0.3) is 0 Å². The van der Waals surface area contributed by atoms with Crippen molar-refractivity contribution in [2.75, 3.05) is 26.2 Å². The van der Waals surface area contributed by atoms with E-state index in [1.54, 1.807) is 25.7 Å². The molecule has 0 spiro atoms. The summed E-state index contributed by atoms with van der Waals surface area (Å²) in [6.45, 7) is 7.54. The number of ether oxygens (including phenoxy) is 1. The van der Waals surface area contributed by atoms with Crippen LogP contribution in [0.2, 0.25) is 0 Å². The molecule has 20 heavy (non-hydrogen) atoms. The lowest BCUT2D eigenvalue weighted by Crippen LogP contribution is -2.41. The molecule has 1 aliphatic rings. The van der Waals surface area contributed by atoms with Crippen molar-refractivity contribution in [3.63, 3.8) is 0 Å². The highest BCUT2D eigenvalue weighted by atomic mass is 16.7. The molecule has 2 N–H and O–H groups in total. The van der Waals surface area contributed by atoms with Gasteiger partial charge in [0.05, 0.1) is 0 Å². The van der Waals surface area contributed by atoms with Crippen LogP contribution in [0.25, 0.3) is 0 Å². The Morgan fingerprint density at radius 1 is 1.10 bits per heavy atom. The van der Waals surface area contributed by atoms with Crippen molar-refractivity contribution in [1.82, 2.24) is 15.7 Å². The molecule has 0 atom stereocenters. The van der Waals surface area contributed by atoms with Crippen LogP contribution in [0.15, 0.2) is 0 Å². The van der Waals surface area contributed by atoms with E-state index in [4.69, 9.17) is 9.57 Å². The average Bonchev–Trinajstić information content (AvgIpc) is 2.37. The molecule has 0 unspecified atom stereocenters. The average molecular weight is 287 g/mol. The standard InChI is InChI=1S/C13H25N3O4/c1-13(2,3)19-11(17)14-7-8-15-20-12(18)16-9-5-4-6-10-16/h15H,4-10H2,1-3H3,(H,14,17). The highest BCUT2D eigenvalue weighted by Crippen LogP contribution is 2.09. The Bertz CT molecular complexity index is 322. The number of nitrogens with zero attached hydrogens (tertiary/aromatic N) is 1. The summed E-state index contributed by atoms with van der Waals surface area (Å²) in [5.74, 6) is 0. The van der Waals surface area contributed by atoms with Crippen molar-refractivity contribution in [2.24, 2.45) is 0 Å². The van der Waals surface area contributed by atoms with Crippen molar-refractivity contribution >= 4 is 12.2 Å². The molecule has 0 aromatic heterocycles. The molecule has 7 nitrogen and oxygen atoms in total. The number of piperidine rings is 1. The van der Waals surface area contributed by atoms with Gasteiger partial charge < -0.3 is 19.8 Å². The lowest BCUT2D eigenvalue weighted by atomic mass is 10.1. The minimum atomic E-state index is -0.516. The van der Waals surface area contributed by atoms with Gasteiger partial charge in [-0.3, -0.25) is 0 Å². The van der Waals surface area contributed by atoms with Crippen LogP contribution in [-0.4, -0.2) is 48.9 Å². The van der Waals surface area contributed by atoms with Gasteiger partial charge in [-0.1, -0.05) is 0 Å². The first-order chi connectivity index (χ1) is 9.38. The summed E-state index contributed by atoms with van der Waals surface area (Å²) in [5.41, 5.74) is 2.02. The first kappa shape index (κ1) is 16.6. The van der Waals surface area contributed by atoms with Crippen LogP contribution in [0.5, 0.6) is 0 Å². The Kier molecular flexibility index (Phi) is 6.57. The second-order valence-corrected chi connectivity index (χ2v) is 5.74. The third kappa shape index (κ3) is 7.18. The number of carbonyl (C=O) groups excluding carboxylic acids is 2. The number of likely N-dealkylation sites (tertiary alicyclic amines) is 1. The Hall–Kier alpha value is -1.50. The van der Waals surface area contributed by atoms with E-state index in [2.05, 4.69) is 10.8 Å². The third-order valence-electron chi connectivity index (χ3n) is 2.67. The molecule has 1 fully saturated rings. The number of carbonyl (C=O) groups is 2. The largest absolute Gasteiger partial charge is 0.444 e. The van der Waals surface area contributed by atoms with Gasteiger partial charge >= 0.3 is 12.2 Å². The Morgan fingerprint density at radius 2 is 1.75 bits per heavy atom. The molecule has 116 valence electrons. The summed E-state index contributed by atoms with van der Waals surface area (Å²) in [7, 11) is 0. The van der Waals surface area contributed by atoms with E-state index in [0.29, 0.717) is 13.1 Å². The van der Waals surface area contributed by atoms with E-state index in [1.165, 1.54) is 0 Å². The smallest absolute Gasteiger partial charge is 0.428 e. The Labute approximate surface area is 119 Å². The first-order valence-corrected chi connectivity index (χ1v) is 7.04. The third-order valence-corrected chi connectivity index (χ3v) is 2.67. The topological polar surface area (TPSA) is 79.9 Å². The van der Waals surface area contributed by atoms with Crippen LogP contribution >= 0.6 is 0 Å². The normalized spacial score (nSPS) is 15.7. The second-order valence-electron chi connectivity index (χ2n) is 5.74. The minimum Gasteiger partial charge on any atom is -0.444 e. The van der Waals surface area contributed by atoms with Crippen LogP contribution in [0.1, 0.15) is 40.0 Å². The van der Waals surface area contributed by atoms with Gasteiger partial charge in [0.15, 0.2) is 0 Å². The van der Waals surface area contributed by atoms with Gasteiger partial charge in [0.2, 0.25) is 0 Å². The van der Waals surface area contributed by atoms with E-state index in [-0.39, 0.29) is 6.09 Å². The molecular weight excluding hydrogens is 262 g/mol. The maximum atomic E-state index is 11.6. The monoisotopic (exact) mass is 287 g/mol. The van der Waals surface area contributed by atoms with E-state index in [0.717, 1.165) is 32.4 Å². The van der Waals surface area contributed by atoms with Gasteiger partial charge in [0, 0.05) is 26.2 Å². The number of hydrogen-bond donors (Lipinski definition) is 2. The van der Waals surface area contributed by atoms with Gasteiger partial charge in [-0.2, -0.15) is 0 Å². The highest BCUT2D eigenvalue weighted by molar-refractivity contribution is 5.68. The second kappa shape index (κ2) is 7.94. The lowest BCUT2D eigenvalue weighted by molar-refractivity contribution is 0.0456. The molecule has 1 rings (SSSR count). The zero-order valence-electron chi connectivity index (χ0n) is 12.5. The summed E-state index contributed by atoms with van der Waals surface area (Å²) < 4.78 is 5.07. The molecule has 1 heterocycles. The number of amides is 2. The van der Waals surface area contributed by atoms with Crippen LogP contribution < -0.4 is 10.8 Å². The Balaban J connectivity index is 2.04. The maximum Gasteiger partial charge on any atom is 0.428 e. The fourth-order valence-corrected chi connectivity index (χ4v) is 1.78. The predicted molar refractivity (Wildman–Crippen MR) is 74.1 cm³/mol. The quantitative estimate of drug-likeness (QED) is 0.607. The SMILES string of the molecule is CC(C)(C)OC(=O)NCCNOC(=O)N1CCCCC1. The van der Waals surface area contributed by atoms with Crippen molar-refractivity contribution in [1.29, 1.82) is 0 Å². The van der Waals surface area contributed by atoms with E-state index in [9.17, 15) is 9.59 Å². The van der Waals surface area contributed by atoms with E-state index >= 15 is 0 Å². The van der Waals surface area contributed by atoms with Crippen molar-refractivity contribution in [3.8, 4) is 0 Å². The highest BCUT2D eigenvalue weighted by Gasteiger charge is 2.18. The molecule has 0 aromatic carbocycles. The van der Waals surface area contributed by atoms with Gasteiger partial charge in [-0.25, -0.2) is 9.59 Å². The summed E-state index contributed by atoms with van der Waals surface area (Å²) in [6.07, 6.45) is 2.37. The molecular formula is C13H25N3O4. The molecule has 0 aliphatic carbocycles. The summed E-state index contributed by atoms with van der Waals surface area (Å²) in [5, 5.41) is 2.56. The summed E-state index contributed by atoms with van der Waals surface area (Å²) in [4.78, 5) is 29.5. The van der Waals surface area contributed by atoms with Crippen LogP contribution in [0.3, 0.4) is 0 Å². The molecule has 1 aliphatic heterocycles. The number of alkyl carbamates (subject to hydrolysis) is 1. The number of rotatable bonds is 4. The Morgan fingerprint density at radius 3 is 2.35 bits per heavy atom. The van der Waals surface area contributed by atoms with Crippen molar-refractivity contribution in [2.45, 2.75) is 45.6 Å². The van der Waals surface area contributed by atoms with Gasteiger partial charge in [-0.15, -0.1) is 5.48 Å². The number of nitrogens with one attached hydrogen (secondary N) is 2. The molecule has 0 aromatic rings. The summed E-state index contributed by atoms with van der Waals surface area (Å²) >= 11 is 0. The zero-order chi connectivity index (χ0) is 15.0. The molecule has 2 amide bonds.